The van der Waals surface area contributed by atoms with Gasteiger partial charge in [0, 0.05) is 6.42 Å². The molecule has 0 spiro atoms. The monoisotopic (exact) mass is 292 g/mol. The van der Waals surface area contributed by atoms with Gasteiger partial charge in [-0.2, -0.15) is 0 Å². The molecule has 1 amide bonds. The average molecular weight is 292 g/mol. The first-order valence-corrected chi connectivity index (χ1v) is 7.89. The molecule has 1 aromatic heterocycles. The summed E-state index contributed by atoms with van der Waals surface area (Å²) in [4.78, 5) is 16.2. The second kappa shape index (κ2) is 5.87. The molecule has 106 valence electrons. The summed E-state index contributed by atoms with van der Waals surface area (Å²) < 4.78 is 14.3. The number of aromatic nitrogens is 1. The van der Waals surface area contributed by atoms with Crippen molar-refractivity contribution >= 4 is 32.6 Å². The molecule has 0 bridgehead atoms. The van der Waals surface area contributed by atoms with Crippen molar-refractivity contribution in [2.75, 3.05) is 5.32 Å². The van der Waals surface area contributed by atoms with Crippen LogP contribution in [0.2, 0.25) is 0 Å². The van der Waals surface area contributed by atoms with E-state index in [2.05, 4.69) is 10.3 Å². The molecular weight excluding hydrogens is 275 g/mol. The minimum Gasteiger partial charge on any atom is -0.302 e. The van der Waals surface area contributed by atoms with Gasteiger partial charge in [0.25, 0.3) is 0 Å². The van der Waals surface area contributed by atoms with Crippen molar-refractivity contribution in [1.82, 2.24) is 4.98 Å². The highest BCUT2D eigenvalue weighted by atomic mass is 32.1. The minimum absolute atomic E-state index is 0.00337. The van der Waals surface area contributed by atoms with E-state index in [-0.39, 0.29) is 11.7 Å². The van der Waals surface area contributed by atoms with Gasteiger partial charge in [0.2, 0.25) is 5.91 Å². The molecule has 0 radical (unpaired) electrons. The zero-order valence-corrected chi connectivity index (χ0v) is 12.0. The summed E-state index contributed by atoms with van der Waals surface area (Å²) in [7, 11) is 0. The highest BCUT2D eigenvalue weighted by Crippen LogP contribution is 2.29. The number of amides is 1. The van der Waals surface area contributed by atoms with Crippen LogP contribution in [0.5, 0.6) is 0 Å². The molecule has 5 heteroatoms. The Morgan fingerprint density at radius 2 is 2.15 bits per heavy atom. The Kier molecular flexibility index (Phi) is 3.96. The number of para-hydroxylation sites is 1. The number of halogens is 1. The van der Waals surface area contributed by atoms with Crippen molar-refractivity contribution in [1.29, 1.82) is 0 Å². The fourth-order valence-electron chi connectivity index (χ4n) is 2.79. The van der Waals surface area contributed by atoms with Crippen LogP contribution in [-0.2, 0) is 4.79 Å². The molecule has 3 rings (SSSR count). The number of thiazole rings is 1. The van der Waals surface area contributed by atoms with Gasteiger partial charge in [-0.3, -0.25) is 4.79 Å². The zero-order valence-electron chi connectivity index (χ0n) is 11.2. The van der Waals surface area contributed by atoms with Gasteiger partial charge in [0.05, 0.1) is 4.70 Å². The Bertz CT molecular complexity index is 619. The topological polar surface area (TPSA) is 42.0 Å². The first kappa shape index (κ1) is 13.5. The Morgan fingerprint density at radius 3 is 2.90 bits per heavy atom. The minimum atomic E-state index is -0.341. The summed E-state index contributed by atoms with van der Waals surface area (Å²) in [5.41, 5.74) is 0.338. The molecule has 0 aliphatic heterocycles. The fraction of sp³-hybridized carbons (Fsp3) is 0.467. The van der Waals surface area contributed by atoms with E-state index < -0.39 is 0 Å². The molecule has 1 heterocycles. The van der Waals surface area contributed by atoms with Crippen LogP contribution >= 0.6 is 11.3 Å². The van der Waals surface area contributed by atoms with Crippen LogP contribution in [0.15, 0.2) is 18.2 Å². The molecule has 1 aliphatic rings. The molecule has 1 saturated carbocycles. The van der Waals surface area contributed by atoms with Gasteiger partial charge in [0.15, 0.2) is 5.13 Å². The van der Waals surface area contributed by atoms with Crippen molar-refractivity contribution in [3.05, 3.63) is 24.0 Å². The molecule has 1 fully saturated rings. The molecule has 0 atom stereocenters. The summed E-state index contributed by atoms with van der Waals surface area (Å²) >= 11 is 1.32. The summed E-state index contributed by atoms with van der Waals surface area (Å²) in [6.07, 6.45) is 6.58. The lowest BCUT2D eigenvalue weighted by Gasteiger charge is -2.20. The van der Waals surface area contributed by atoms with E-state index in [0.29, 0.717) is 23.0 Å². The van der Waals surface area contributed by atoms with Crippen molar-refractivity contribution in [2.24, 2.45) is 5.92 Å². The number of hydrogen-bond donors (Lipinski definition) is 1. The van der Waals surface area contributed by atoms with Gasteiger partial charge < -0.3 is 5.32 Å². The van der Waals surface area contributed by atoms with Gasteiger partial charge in [0.1, 0.15) is 11.3 Å². The molecule has 2 aromatic rings. The molecular formula is C15H17FN2OS. The van der Waals surface area contributed by atoms with Gasteiger partial charge in [-0.25, -0.2) is 9.37 Å². The standard InChI is InChI=1S/C15H17FN2OS/c16-11-7-4-8-12-14(11)18-15(20-12)17-13(19)9-10-5-2-1-3-6-10/h4,7-8,10H,1-3,5-6,9H2,(H,17,18,19). The van der Waals surface area contributed by atoms with Crippen LogP contribution in [-0.4, -0.2) is 10.9 Å². The third-order valence-corrected chi connectivity index (χ3v) is 4.75. The molecule has 0 unspecified atom stereocenters. The van der Waals surface area contributed by atoms with Crippen LogP contribution in [0, 0.1) is 11.7 Å². The molecule has 3 nitrogen and oxygen atoms in total. The number of rotatable bonds is 3. The largest absolute Gasteiger partial charge is 0.302 e. The second-order valence-electron chi connectivity index (χ2n) is 5.36. The predicted octanol–water partition coefficient (Wildman–Crippen LogP) is 4.34. The van der Waals surface area contributed by atoms with Gasteiger partial charge in [-0.15, -0.1) is 0 Å². The van der Waals surface area contributed by atoms with Crippen LogP contribution < -0.4 is 5.32 Å². The van der Waals surface area contributed by atoms with Gasteiger partial charge in [-0.1, -0.05) is 36.7 Å². The average Bonchev–Trinajstić information content (AvgIpc) is 2.83. The van der Waals surface area contributed by atoms with Crippen molar-refractivity contribution in [3.63, 3.8) is 0 Å². The number of nitrogens with one attached hydrogen (secondary N) is 1. The summed E-state index contributed by atoms with van der Waals surface area (Å²) in [6, 6.07) is 4.85. The third-order valence-electron chi connectivity index (χ3n) is 3.81. The summed E-state index contributed by atoms with van der Waals surface area (Å²) in [6.45, 7) is 0. The Morgan fingerprint density at radius 1 is 1.35 bits per heavy atom. The van der Waals surface area contributed by atoms with E-state index in [1.807, 2.05) is 6.07 Å². The lowest BCUT2D eigenvalue weighted by Crippen LogP contribution is -2.18. The lowest BCUT2D eigenvalue weighted by molar-refractivity contribution is -0.117. The summed E-state index contributed by atoms with van der Waals surface area (Å²) in [5, 5.41) is 3.30. The zero-order chi connectivity index (χ0) is 13.9. The SMILES string of the molecule is O=C(CC1CCCCC1)Nc1nc2c(F)cccc2s1. The number of hydrogen-bond acceptors (Lipinski definition) is 3. The first-order chi connectivity index (χ1) is 9.72. The number of benzene rings is 1. The molecule has 1 aromatic carbocycles. The quantitative estimate of drug-likeness (QED) is 0.914. The highest BCUT2D eigenvalue weighted by Gasteiger charge is 2.18. The van der Waals surface area contributed by atoms with Gasteiger partial charge >= 0.3 is 0 Å². The predicted molar refractivity (Wildman–Crippen MR) is 79.4 cm³/mol. The van der Waals surface area contributed by atoms with Crippen LogP contribution in [0.25, 0.3) is 10.2 Å². The Labute approximate surface area is 121 Å². The van der Waals surface area contributed by atoms with Crippen molar-refractivity contribution in [3.8, 4) is 0 Å². The number of fused-ring (bicyclic) bond motifs is 1. The highest BCUT2D eigenvalue weighted by molar-refractivity contribution is 7.22. The molecule has 0 saturated heterocycles. The van der Waals surface area contributed by atoms with Crippen molar-refractivity contribution in [2.45, 2.75) is 38.5 Å². The maximum absolute atomic E-state index is 13.5. The van der Waals surface area contributed by atoms with E-state index in [1.165, 1.54) is 36.7 Å². The van der Waals surface area contributed by atoms with E-state index in [0.717, 1.165) is 17.5 Å². The van der Waals surface area contributed by atoms with Crippen LogP contribution in [0.3, 0.4) is 0 Å². The normalized spacial score (nSPS) is 16.4. The van der Waals surface area contributed by atoms with E-state index in [1.54, 1.807) is 6.07 Å². The lowest BCUT2D eigenvalue weighted by atomic mass is 9.87. The second-order valence-corrected chi connectivity index (χ2v) is 6.39. The maximum atomic E-state index is 13.5. The number of carbonyl (C=O) groups excluding carboxylic acids is 1. The number of nitrogens with zero attached hydrogens (tertiary/aromatic N) is 1. The maximum Gasteiger partial charge on any atom is 0.226 e. The Balaban J connectivity index is 1.66. The molecule has 1 N–H and O–H groups in total. The molecule has 20 heavy (non-hydrogen) atoms. The first-order valence-electron chi connectivity index (χ1n) is 7.07. The smallest absolute Gasteiger partial charge is 0.226 e. The number of anilines is 1. The van der Waals surface area contributed by atoms with Crippen molar-refractivity contribution < 1.29 is 9.18 Å². The van der Waals surface area contributed by atoms with E-state index in [9.17, 15) is 9.18 Å². The van der Waals surface area contributed by atoms with E-state index in [4.69, 9.17) is 0 Å². The molecule has 1 aliphatic carbocycles. The fourth-order valence-corrected chi connectivity index (χ4v) is 3.69. The van der Waals surface area contributed by atoms with Crippen LogP contribution in [0.1, 0.15) is 38.5 Å². The third kappa shape index (κ3) is 2.98. The number of carbonyl (C=O) groups is 1. The Hall–Kier alpha value is -1.49. The van der Waals surface area contributed by atoms with Gasteiger partial charge in [-0.05, 0) is 30.9 Å². The van der Waals surface area contributed by atoms with E-state index >= 15 is 0 Å². The summed E-state index contributed by atoms with van der Waals surface area (Å²) in [5.74, 6) is 0.151. The van der Waals surface area contributed by atoms with Crippen LogP contribution in [0.4, 0.5) is 9.52 Å².